The molecule has 3 aliphatic rings. The van der Waals surface area contributed by atoms with Crippen LogP contribution in [0.2, 0.25) is 0 Å². The summed E-state index contributed by atoms with van der Waals surface area (Å²) in [5, 5.41) is 19.9. The Morgan fingerprint density at radius 1 is 0.534 bits per heavy atom. The summed E-state index contributed by atoms with van der Waals surface area (Å²) in [6.07, 6.45) is 6.39. The molecule has 0 aromatic heterocycles. The van der Waals surface area contributed by atoms with E-state index in [0.717, 1.165) is 51.9 Å². The molecular formula is C43H63N9O6. The number of carbonyl (C=O) groups is 5. The summed E-state index contributed by atoms with van der Waals surface area (Å²) in [6, 6.07) is 21.0. The minimum Gasteiger partial charge on any atom is -0.478 e. The van der Waals surface area contributed by atoms with Crippen LogP contribution in [0.15, 0.2) is 72.8 Å². The third-order valence-corrected chi connectivity index (χ3v) is 9.96. The maximum atomic E-state index is 12.1. The molecule has 0 bridgehead atoms. The highest BCUT2D eigenvalue weighted by Gasteiger charge is 2.20. The van der Waals surface area contributed by atoms with E-state index in [1.807, 2.05) is 0 Å². The minimum absolute atomic E-state index is 0.000414. The van der Waals surface area contributed by atoms with Crippen molar-refractivity contribution in [3.63, 3.8) is 0 Å². The van der Waals surface area contributed by atoms with Gasteiger partial charge in [0.1, 0.15) is 0 Å². The van der Waals surface area contributed by atoms with E-state index in [4.69, 9.17) is 16.6 Å². The maximum Gasteiger partial charge on any atom is 0.335 e. The number of benzene rings is 3. The first-order valence-corrected chi connectivity index (χ1v) is 19.8. The summed E-state index contributed by atoms with van der Waals surface area (Å²) in [7, 11) is 6.35. The van der Waals surface area contributed by atoms with Crippen LogP contribution in [0.25, 0.3) is 0 Å². The first kappa shape index (κ1) is 47.0. The summed E-state index contributed by atoms with van der Waals surface area (Å²) < 4.78 is 0. The summed E-state index contributed by atoms with van der Waals surface area (Å²) in [6.45, 7) is 9.35. The number of rotatable bonds is 7. The van der Waals surface area contributed by atoms with Crippen LogP contribution in [0.5, 0.6) is 0 Å². The molecule has 58 heavy (non-hydrogen) atoms. The average molecular weight is 802 g/mol. The molecule has 3 aromatic carbocycles. The quantitative estimate of drug-likeness (QED) is 0.170. The van der Waals surface area contributed by atoms with Crippen LogP contribution >= 0.6 is 0 Å². The second kappa shape index (κ2) is 24.4. The summed E-state index contributed by atoms with van der Waals surface area (Å²) in [5.41, 5.74) is 14.7. The van der Waals surface area contributed by atoms with E-state index in [0.29, 0.717) is 40.3 Å². The molecule has 3 fully saturated rings. The van der Waals surface area contributed by atoms with Crippen LogP contribution in [0.1, 0.15) is 83.4 Å². The summed E-state index contributed by atoms with van der Waals surface area (Å²) in [5.74, 6) is -1.32. The van der Waals surface area contributed by atoms with Gasteiger partial charge in [-0.25, -0.2) is 4.79 Å². The van der Waals surface area contributed by atoms with Gasteiger partial charge in [0.25, 0.3) is 11.8 Å². The van der Waals surface area contributed by atoms with Gasteiger partial charge in [-0.1, -0.05) is 0 Å². The van der Waals surface area contributed by atoms with E-state index in [-0.39, 0.29) is 35.2 Å². The number of aromatic carboxylic acids is 1. The molecule has 3 heterocycles. The molecule has 3 saturated heterocycles. The third-order valence-electron chi connectivity index (χ3n) is 9.96. The Labute approximate surface area is 342 Å². The number of hydrogen-bond donors (Lipinski definition) is 7. The number of likely N-dealkylation sites (tertiary alicyclic amines) is 3. The number of anilines is 3. The number of amides is 4. The Kier molecular flexibility index (Phi) is 19.8. The van der Waals surface area contributed by atoms with E-state index in [9.17, 15) is 24.0 Å². The molecule has 0 unspecified atom stereocenters. The number of nitrogen functional groups attached to an aromatic ring is 1. The van der Waals surface area contributed by atoms with Crippen LogP contribution in [0.3, 0.4) is 0 Å². The highest BCUT2D eigenvalue weighted by molar-refractivity contribution is 5.96. The standard InChI is InChI=1S/C15H21N3O2.C13H19N3O.C9H9NO3.C6H14N2/c1-11(19)16-13-5-3-12(4-6-13)15(20)17-14-7-9-18(2)10-8-14;1-16-8-6-12(7-9-16)15-13(17)10-2-4-11(14)5-3-10;1-6(11)10-8-4-2-7(3-5-8)9(12)13;1-8-4-2-6(7)3-5-8/h3-6,14H,7-10H2,1-2H3,(H,16,19)(H,17,20);2-5,12H,6-9,14H2,1H3,(H,15,17);2-5H,1H3,(H,10,11)(H,12,13);6H,2-5,7H2,1H3. The number of piperidine rings is 3. The molecule has 0 spiro atoms. The molecule has 0 saturated carbocycles. The van der Waals surface area contributed by atoms with E-state index < -0.39 is 5.97 Å². The molecule has 15 heteroatoms. The second-order valence-electron chi connectivity index (χ2n) is 15.2. The van der Waals surface area contributed by atoms with Gasteiger partial charge in [0.15, 0.2) is 0 Å². The van der Waals surface area contributed by atoms with Crippen molar-refractivity contribution in [2.24, 2.45) is 5.73 Å². The number of hydrogen-bond acceptors (Lipinski definition) is 10. The largest absolute Gasteiger partial charge is 0.478 e. The maximum absolute atomic E-state index is 12.1. The summed E-state index contributed by atoms with van der Waals surface area (Å²) >= 11 is 0. The van der Waals surface area contributed by atoms with Gasteiger partial charge in [0.2, 0.25) is 11.8 Å². The fraction of sp³-hybridized carbons (Fsp3) is 0.465. The van der Waals surface area contributed by atoms with Crippen LogP contribution < -0.4 is 32.7 Å². The number of nitrogens with one attached hydrogen (secondary N) is 4. The van der Waals surface area contributed by atoms with Crippen molar-refractivity contribution in [3.05, 3.63) is 89.5 Å². The van der Waals surface area contributed by atoms with Crippen molar-refractivity contribution in [1.29, 1.82) is 0 Å². The molecule has 9 N–H and O–H groups in total. The topological polar surface area (TPSA) is 215 Å². The molecule has 3 aliphatic heterocycles. The number of carboxylic acids is 1. The zero-order valence-electron chi connectivity index (χ0n) is 34.6. The molecule has 15 nitrogen and oxygen atoms in total. The van der Waals surface area contributed by atoms with Crippen LogP contribution in [0, 0.1) is 0 Å². The van der Waals surface area contributed by atoms with E-state index >= 15 is 0 Å². The molecule has 4 amide bonds. The normalized spacial score (nSPS) is 16.7. The third kappa shape index (κ3) is 18.3. The number of nitrogens with two attached hydrogens (primary N) is 2. The number of carboxylic acid groups (broad SMARTS) is 1. The van der Waals surface area contributed by atoms with Crippen LogP contribution in [-0.2, 0) is 9.59 Å². The smallest absolute Gasteiger partial charge is 0.335 e. The Hall–Kier alpha value is -5.35. The Morgan fingerprint density at radius 3 is 1.16 bits per heavy atom. The Balaban J connectivity index is 0.000000216. The zero-order valence-corrected chi connectivity index (χ0v) is 34.6. The van der Waals surface area contributed by atoms with Crippen molar-refractivity contribution in [2.45, 2.75) is 70.5 Å². The Morgan fingerprint density at radius 2 is 0.845 bits per heavy atom. The number of nitrogens with zero attached hydrogens (tertiary/aromatic N) is 3. The molecule has 0 atom stereocenters. The van der Waals surface area contributed by atoms with E-state index in [1.54, 1.807) is 60.7 Å². The zero-order chi connectivity index (χ0) is 42.6. The SMILES string of the molecule is CC(=O)Nc1ccc(C(=O)NC2CCN(C)CC2)cc1.CC(=O)Nc1ccc(C(=O)O)cc1.CN1CCC(N)CC1.CN1CCC(NC(=O)c2ccc(N)cc2)CC1. The molecule has 0 aliphatic carbocycles. The van der Waals surface area contributed by atoms with Crippen molar-refractivity contribution in [1.82, 2.24) is 25.3 Å². The van der Waals surface area contributed by atoms with Crippen LogP contribution in [0.4, 0.5) is 17.1 Å². The highest BCUT2D eigenvalue weighted by atomic mass is 16.4. The average Bonchev–Trinajstić information content (AvgIpc) is 3.19. The molecule has 6 rings (SSSR count). The number of carbonyl (C=O) groups excluding carboxylic acids is 4. The van der Waals surface area contributed by atoms with Gasteiger partial charge in [0, 0.05) is 60.2 Å². The molecule has 3 aromatic rings. The van der Waals surface area contributed by atoms with Gasteiger partial charge in [-0.15, -0.1) is 0 Å². The lowest BCUT2D eigenvalue weighted by molar-refractivity contribution is -0.115. The van der Waals surface area contributed by atoms with Gasteiger partial charge in [-0.05, 0) is 172 Å². The van der Waals surface area contributed by atoms with Gasteiger partial charge < -0.3 is 52.5 Å². The van der Waals surface area contributed by atoms with Crippen LogP contribution in [-0.4, -0.2) is 128 Å². The first-order valence-electron chi connectivity index (χ1n) is 19.8. The van der Waals surface area contributed by atoms with E-state index in [1.165, 1.54) is 51.9 Å². The van der Waals surface area contributed by atoms with Crippen molar-refractivity contribution in [2.75, 3.05) is 76.8 Å². The lowest BCUT2D eigenvalue weighted by Gasteiger charge is -2.29. The van der Waals surface area contributed by atoms with Gasteiger partial charge in [0.05, 0.1) is 5.56 Å². The van der Waals surface area contributed by atoms with Gasteiger partial charge in [-0.2, -0.15) is 0 Å². The van der Waals surface area contributed by atoms with E-state index in [2.05, 4.69) is 57.1 Å². The van der Waals surface area contributed by atoms with Crippen molar-refractivity contribution < 1.29 is 29.1 Å². The molecule has 316 valence electrons. The molecule has 0 radical (unpaired) electrons. The highest BCUT2D eigenvalue weighted by Crippen LogP contribution is 2.14. The van der Waals surface area contributed by atoms with Crippen molar-refractivity contribution in [3.8, 4) is 0 Å². The van der Waals surface area contributed by atoms with Gasteiger partial charge >= 0.3 is 5.97 Å². The Bertz CT molecular complexity index is 1720. The predicted octanol–water partition coefficient (Wildman–Crippen LogP) is 3.94. The predicted molar refractivity (Wildman–Crippen MR) is 230 cm³/mol. The fourth-order valence-electron chi connectivity index (χ4n) is 6.31. The first-order chi connectivity index (χ1) is 27.6. The lowest BCUT2D eigenvalue weighted by Crippen LogP contribution is -2.43. The monoisotopic (exact) mass is 801 g/mol. The summed E-state index contributed by atoms with van der Waals surface area (Å²) in [4.78, 5) is 62.9. The second-order valence-corrected chi connectivity index (χ2v) is 15.2. The van der Waals surface area contributed by atoms with Gasteiger partial charge in [-0.3, -0.25) is 19.2 Å². The lowest BCUT2D eigenvalue weighted by atomic mass is 10.0. The fourth-order valence-corrected chi connectivity index (χ4v) is 6.31. The molecular weight excluding hydrogens is 739 g/mol. The minimum atomic E-state index is -0.977. The van der Waals surface area contributed by atoms with Crippen molar-refractivity contribution >= 4 is 46.7 Å².